The van der Waals surface area contributed by atoms with Crippen LogP contribution in [0.3, 0.4) is 0 Å². The summed E-state index contributed by atoms with van der Waals surface area (Å²) in [5.74, 6) is -0.321. The van der Waals surface area contributed by atoms with E-state index in [-0.39, 0.29) is 5.97 Å². The van der Waals surface area contributed by atoms with E-state index in [4.69, 9.17) is 9.47 Å². The van der Waals surface area contributed by atoms with Crippen LogP contribution in [-0.2, 0) is 20.8 Å². The van der Waals surface area contributed by atoms with Gasteiger partial charge in [0.2, 0.25) is 0 Å². The van der Waals surface area contributed by atoms with Gasteiger partial charge in [0, 0.05) is 13.1 Å². The molecule has 0 unspecified atom stereocenters. The summed E-state index contributed by atoms with van der Waals surface area (Å²) in [6, 6.07) is 10.1. The fourth-order valence-corrected chi connectivity index (χ4v) is 1.57. The molecule has 1 aromatic carbocycles. The molecule has 0 atom stereocenters. The summed E-state index contributed by atoms with van der Waals surface area (Å²) in [6.07, 6.45) is 0. The van der Waals surface area contributed by atoms with E-state index < -0.39 is 5.60 Å². The molecule has 19 heavy (non-hydrogen) atoms. The van der Waals surface area contributed by atoms with Crippen molar-refractivity contribution < 1.29 is 14.3 Å². The van der Waals surface area contributed by atoms with Crippen molar-refractivity contribution in [3.63, 3.8) is 0 Å². The minimum atomic E-state index is -0.884. The molecule has 0 aliphatic rings. The summed E-state index contributed by atoms with van der Waals surface area (Å²) >= 11 is 0. The topological polar surface area (TPSA) is 47.6 Å². The molecule has 0 aliphatic heterocycles. The van der Waals surface area contributed by atoms with Crippen molar-refractivity contribution in [1.29, 1.82) is 0 Å². The Morgan fingerprint density at radius 2 is 1.95 bits per heavy atom. The number of hydrogen-bond donors (Lipinski definition) is 1. The molecule has 0 fully saturated rings. The van der Waals surface area contributed by atoms with E-state index in [9.17, 15) is 4.79 Å². The molecule has 1 rings (SSSR count). The van der Waals surface area contributed by atoms with Crippen molar-refractivity contribution in [2.24, 2.45) is 0 Å². The molecule has 4 nitrogen and oxygen atoms in total. The quantitative estimate of drug-likeness (QED) is 0.578. The first-order chi connectivity index (χ1) is 9.06. The summed E-state index contributed by atoms with van der Waals surface area (Å²) in [5.41, 5.74) is 0.344. The Kier molecular flexibility index (Phi) is 6.53. The molecule has 0 heterocycles. The summed E-state index contributed by atoms with van der Waals surface area (Å²) in [7, 11) is 0. The second kappa shape index (κ2) is 7.92. The maximum atomic E-state index is 11.6. The summed E-state index contributed by atoms with van der Waals surface area (Å²) in [4.78, 5) is 11.6. The molecule has 0 saturated heterocycles. The Labute approximate surface area is 115 Å². The molecule has 1 N–H and O–H groups in total. The molecule has 0 aromatic heterocycles. The third kappa shape index (κ3) is 5.85. The van der Waals surface area contributed by atoms with Crippen LogP contribution in [0.25, 0.3) is 0 Å². The maximum absolute atomic E-state index is 11.6. The zero-order valence-corrected chi connectivity index (χ0v) is 11.9. The first-order valence-corrected chi connectivity index (χ1v) is 6.62. The fourth-order valence-electron chi connectivity index (χ4n) is 1.57. The van der Waals surface area contributed by atoms with Gasteiger partial charge in [-0.3, -0.25) is 0 Å². The van der Waals surface area contributed by atoms with Crippen LogP contribution >= 0.6 is 0 Å². The third-order valence-corrected chi connectivity index (χ3v) is 2.68. The highest BCUT2D eigenvalue weighted by Gasteiger charge is 2.29. The number of carbonyl (C=O) groups is 1. The molecule has 0 radical (unpaired) electrons. The first-order valence-electron chi connectivity index (χ1n) is 6.62. The van der Waals surface area contributed by atoms with E-state index in [1.165, 1.54) is 5.56 Å². The highest BCUT2D eigenvalue weighted by molar-refractivity contribution is 5.78. The summed E-state index contributed by atoms with van der Waals surface area (Å²) in [5, 5.41) is 3.27. The molecule has 0 aliphatic carbocycles. The number of carbonyl (C=O) groups excluding carboxylic acids is 1. The molecule has 0 spiro atoms. The van der Waals surface area contributed by atoms with Crippen LogP contribution in [0.4, 0.5) is 0 Å². The Morgan fingerprint density at radius 3 is 2.58 bits per heavy atom. The fraction of sp³-hybridized carbons (Fsp3) is 0.533. The van der Waals surface area contributed by atoms with Gasteiger partial charge in [0.05, 0.1) is 13.2 Å². The van der Waals surface area contributed by atoms with Crippen LogP contribution in [0.2, 0.25) is 0 Å². The lowest BCUT2D eigenvalue weighted by Crippen LogP contribution is -2.38. The van der Waals surface area contributed by atoms with Crippen LogP contribution in [0.1, 0.15) is 26.3 Å². The van der Waals surface area contributed by atoms with E-state index in [0.717, 1.165) is 6.54 Å². The van der Waals surface area contributed by atoms with Crippen molar-refractivity contribution in [3.8, 4) is 0 Å². The molecule has 0 saturated carbocycles. The predicted molar refractivity (Wildman–Crippen MR) is 74.8 cm³/mol. The lowest BCUT2D eigenvalue weighted by Gasteiger charge is -2.22. The first kappa shape index (κ1) is 15.7. The van der Waals surface area contributed by atoms with Crippen molar-refractivity contribution >= 4 is 5.97 Å². The zero-order valence-electron chi connectivity index (χ0n) is 11.9. The number of ether oxygens (including phenoxy) is 2. The third-order valence-electron chi connectivity index (χ3n) is 2.68. The van der Waals surface area contributed by atoms with Gasteiger partial charge in [0.1, 0.15) is 0 Å². The lowest BCUT2D eigenvalue weighted by molar-refractivity contribution is -0.167. The van der Waals surface area contributed by atoms with E-state index in [1.807, 2.05) is 18.2 Å². The minimum Gasteiger partial charge on any atom is -0.464 e. The smallest absolute Gasteiger partial charge is 0.337 e. The van der Waals surface area contributed by atoms with Gasteiger partial charge in [0.15, 0.2) is 5.60 Å². The van der Waals surface area contributed by atoms with Gasteiger partial charge < -0.3 is 14.8 Å². The molecule has 0 amide bonds. The maximum Gasteiger partial charge on any atom is 0.337 e. The summed E-state index contributed by atoms with van der Waals surface area (Å²) < 4.78 is 10.5. The van der Waals surface area contributed by atoms with Crippen molar-refractivity contribution in [1.82, 2.24) is 5.32 Å². The Morgan fingerprint density at radius 1 is 1.26 bits per heavy atom. The van der Waals surface area contributed by atoms with Gasteiger partial charge in [-0.2, -0.15) is 0 Å². The normalized spacial score (nSPS) is 11.3. The Balaban J connectivity index is 2.18. The molecular weight excluding hydrogens is 242 g/mol. The van der Waals surface area contributed by atoms with E-state index >= 15 is 0 Å². The molecule has 1 aromatic rings. The number of nitrogens with one attached hydrogen (secondary N) is 1. The zero-order chi connectivity index (χ0) is 14.1. The second-order valence-electron chi connectivity index (χ2n) is 4.74. The lowest BCUT2D eigenvalue weighted by atomic mass is 10.1. The van der Waals surface area contributed by atoms with E-state index in [0.29, 0.717) is 19.8 Å². The number of benzene rings is 1. The monoisotopic (exact) mass is 265 g/mol. The van der Waals surface area contributed by atoms with Crippen LogP contribution < -0.4 is 5.32 Å². The highest BCUT2D eigenvalue weighted by Crippen LogP contribution is 2.11. The molecule has 4 heteroatoms. The molecule has 0 bridgehead atoms. The van der Waals surface area contributed by atoms with Crippen LogP contribution in [0, 0.1) is 0 Å². The SMILES string of the molecule is CCOC(=O)C(C)(C)OCCNCc1ccccc1. The Hall–Kier alpha value is -1.39. The van der Waals surface area contributed by atoms with Crippen LogP contribution in [0.15, 0.2) is 30.3 Å². The number of esters is 1. The van der Waals surface area contributed by atoms with Gasteiger partial charge in [-0.05, 0) is 26.3 Å². The predicted octanol–water partition coefficient (Wildman–Crippen LogP) is 2.13. The van der Waals surface area contributed by atoms with Crippen molar-refractivity contribution in [3.05, 3.63) is 35.9 Å². The van der Waals surface area contributed by atoms with Gasteiger partial charge in [-0.25, -0.2) is 4.79 Å². The molecule has 106 valence electrons. The second-order valence-corrected chi connectivity index (χ2v) is 4.74. The van der Waals surface area contributed by atoms with Gasteiger partial charge >= 0.3 is 5.97 Å². The van der Waals surface area contributed by atoms with E-state index in [1.54, 1.807) is 20.8 Å². The molecular formula is C15H23NO3. The van der Waals surface area contributed by atoms with Gasteiger partial charge in [-0.1, -0.05) is 30.3 Å². The van der Waals surface area contributed by atoms with Gasteiger partial charge in [-0.15, -0.1) is 0 Å². The average Bonchev–Trinajstić information content (AvgIpc) is 2.39. The highest BCUT2D eigenvalue weighted by atomic mass is 16.6. The van der Waals surface area contributed by atoms with Crippen molar-refractivity contribution in [2.45, 2.75) is 32.9 Å². The van der Waals surface area contributed by atoms with Crippen LogP contribution in [-0.4, -0.2) is 31.3 Å². The largest absolute Gasteiger partial charge is 0.464 e. The van der Waals surface area contributed by atoms with Crippen molar-refractivity contribution in [2.75, 3.05) is 19.8 Å². The number of hydrogen-bond acceptors (Lipinski definition) is 4. The summed E-state index contributed by atoms with van der Waals surface area (Å²) in [6.45, 7) is 7.57. The Bertz CT molecular complexity index is 376. The minimum absolute atomic E-state index is 0.321. The van der Waals surface area contributed by atoms with Crippen LogP contribution in [0.5, 0.6) is 0 Å². The van der Waals surface area contributed by atoms with Gasteiger partial charge in [0.25, 0.3) is 0 Å². The van der Waals surface area contributed by atoms with E-state index in [2.05, 4.69) is 17.4 Å². The standard InChI is InChI=1S/C15H23NO3/c1-4-18-14(17)15(2,3)19-11-10-16-12-13-8-6-5-7-9-13/h5-9,16H,4,10-12H2,1-3H3. The average molecular weight is 265 g/mol. The number of rotatable bonds is 8.